The maximum absolute atomic E-state index is 13.6. The van der Waals surface area contributed by atoms with Crippen molar-refractivity contribution in [3.8, 4) is 5.75 Å². The van der Waals surface area contributed by atoms with Gasteiger partial charge >= 0.3 is 6.18 Å². The van der Waals surface area contributed by atoms with Crippen LogP contribution in [-0.2, 0) is 6.18 Å². The number of rotatable bonds is 3. The predicted octanol–water partition coefficient (Wildman–Crippen LogP) is 4.17. The zero-order valence-electron chi connectivity index (χ0n) is 12.2. The average molecular weight is 343 g/mol. The van der Waals surface area contributed by atoms with Crippen molar-refractivity contribution < 1.29 is 26.7 Å². The molecule has 1 atom stereocenters. The number of hydrogen-bond acceptors (Lipinski definition) is 3. The molecule has 0 saturated heterocycles. The Morgan fingerprint density at radius 3 is 2.54 bits per heavy atom. The van der Waals surface area contributed by atoms with Crippen LogP contribution in [0.4, 0.5) is 22.0 Å². The molecule has 24 heavy (non-hydrogen) atoms. The summed E-state index contributed by atoms with van der Waals surface area (Å²) < 4.78 is 71.9. The predicted molar refractivity (Wildman–Crippen MR) is 73.4 cm³/mol. The number of fused-ring (bicyclic) bond motifs is 1. The number of hydrogen-bond donors (Lipinski definition) is 0. The Morgan fingerprint density at radius 1 is 1.12 bits per heavy atom. The zero-order chi connectivity index (χ0) is 17.5. The third kappa shape index (κ3) is 2.89. The van der Waals surface area contributed by atoms with Gasteiger partial charge in [-0.1, -0.05) is 0 Å². The van der Waals surface area contributed by atoms with E-state index in [2.05, 4.69) is 10.2 Å². The molecule has 0 aliphatic carbocycles. The summed E-state index contributed by atoms with van der Waals surface area (Å²) in [6, 6.07) is 4.83. The molecule has 0 radical (unpaired) electrons. The van der Waals surface area contributed by atoms with E-state index in [0.29, 0.717) is 6.07 Å². The van der Waals surface area contributed by atoms with E-state index in [4.69, 9.17) is 4.74 Å². The summed E-state index contributed by atoms with van der Waals surface area (Å²) in [6.45, 7) is 1.47. The lowest BCUT2D eigenvalue weighted by atomic mass is 10.2. The Kier molecular flexibility index (Phi) is 3.86. The van der Waals surface area contributed by atoms with Crippen molar-refractivity contribution in [3.63, 3.8) is 0 Å². The first-order valence-corrected chi connectivity index (χ1v) is 6.80. The van der Waals surface area contributed by atoms with Gasteiger partial charge in [-0.3, -0.25) is 4.40 Å². The Morgan fingerprint density at radius 2 is 1.88 bits per heavy atom. The number of nitrogens with zero attached hydrogens (tertiary/aromatic N) is 3. The summed E-state index contributed by atoms with van der Waals surface area (Å²) in [5.74, 6) is -1.88. The van der Waals surface area contributed by atoms with Gasteiger partial charge in [0.05, 0.1) is 0 Å². The summed E-state index contributed by atoms with van der Waals surface area (Å²) in [5.41, 5.74) is -1.32. The second kappa shape index (κ2) is 5.73. The third-order valence-corrected chi connectivity index (χ3v) is 3.33. The SMILES string of the molecule is C[C@H](Oc1ccc(F)cc1F)c1nnc2c(C(F)(F)F)cccn12. The summed E-state index contributed by atoms with van der Waals surface area (Å²) in [6.07, 6.45) is -4.15. The van der Waals surface area contributed by atoms with Crippen molar-refractivity contribution in [3.05, 3.63) is 59.6 Å². The van der Waals surface area contributed by atoms with Gasteiger partial charge in [-0.15, -0.1) is 10.2 Å². The lowest BCUT2D eigenvalue weighted by molar-refractivity contribution is -0.136. The van der Waals surface area contributed by atoms with Crippen LogP contribution in [0.15, 0.2) is 36.5 Å². The summed E-state index contributed by atoms with van der Waals surface area (Å²) in [4.78, 5) is 0. The van der Waals surface area contributed by atoms with Gasteiger partial charge in [0.15, 0.2) is 29.1 Å². The minimum Gasteiger partial charge on any atom is -0.480 e. The van der Waals surface area contributed by atoms with Crippen LogP contribution >= 0.6 is 0 Å². The van der Waals surface area contributed by atoms with Crippen molar-refractivity contribution in [2.45, 2.75) is 19.2 Å². The minimum atomic E-state index is -4.58. The second-order valence-electron chi connectivity index (χ2n) is 5.01. The van der Waals surface area contributed by atoms with Crippen LogP contribution in [0.5, 0.6) is 5.75 Å². The maximum Gasteiger partial charge on any atom is 0.420 e. The van der Waals surface area contributed by atoms with Gasteiger partial charge in [-0.05, 0) is 31.2 Å². The quantitative estimate of drug-likeness (QED) is 0.670. The molecule has 1 aromatic carbocycles. The van der Waals surface area contributed by atoms with Gasteiger partial charge in [0.2, 0.25) is 0 Å². The van der Waals surface area contributed by atoms with Crippen LogP contribution < -0.4 is 4.74 Å². The molecule has 0 unspecified atom stereocenters. The Bertz CT molecular complexity index is 890. The Hall–Kier alpha value is -2.71. The highest BCUT2D eigenvalue weighted by Crippen LogP contribution is 2.32. The first kappa shape index (κ1) is 16.2. The van der Waals surface area contributed by atoms with Crippen LogP contribution in [0.25, 0.3) is 5.65 Å². The van der Waals surface area contributed by atoms with E-state index in [0.717, 1.165) is 22.6 Å². The van der Waals surface area contributed by atoms with Crippen LogP contribution in [0.3, 0.4) is 0 Å². The molecule has 0 aliphatic heterocycles. The number of benzene rings is 1. The molecule has 3 aromatic rings. The molecule has 0 saturated carbocycles. The van der Waals surface area contributed by atoms with Gasteiger partial charge < -0.3 is 4.74 Å². The van der Waals surface area contributed by atoms with Gasteiger partial charge in [-0.2, -0.15) is 13.2 Å². The molecule has 2 aromatic heterocycles. The molecule has 0 amide bonds. The third-order valence-electron chi connectivity index (χ3n) is 3.33. The number of pyridine rings is 1. The lowest BCUT2D eigenvalue weighted by Gasteiger charge is -2.14. The summed E-state index contributed by atoms with van der Waals surface area (Å²) in [5, 5.41) is 7.25. The van der Waals surface area contributed by atoms with Crippen LogP contribution in [0.2, 0.25) is 0 Å². The molecule has 0 spiro atoms. The molecular formula is C15H10F5N3O. The normalized spacial score (nSPS) is 13.2. The van der Waals surface area contributed by atoms with Crippen molar-refractivity contribution >= 4 is 5.65 Å². The van der Waals surface area contributed by atoms with E-state index in [9.17, 15) is 22.0 Å². The largest absolute Gasteiger partial charge is 0.480 e. The number of halogens is 5. The van der Waals surface area contributed by atoms with Gasteiger partial charge in [-0.25, -0.2) is 8.78 Å². The fourth-order valence-electron chi connectivity index (χ4n) is 2.25. The summed E-state index contributed by atoms with van der Waals surface area (Å²) in [7, 11) is 0. The fourth-order valence-corrected chi connectivity index (χ4v) is 2.25. The van der Waals surface area contributed by atoms with Crippen molar-refractivity contribution in [2.75, 3.05) is 0 Å². The highest BCUT2D eigenvalue weighted by Gasteiger charge is 2.34. The first-order chi connectivity index (χ1) is 11.3. The van der Waals surface area contributed by atoms with Crippen LogP contribution in [0.1, 0.15) is 24.4 Å². The molecule has 3 rings (SSSR count). The molecule has 0 fully saturated rings. The minimum absolute atomic E-state index is 0.0554. The van der Waals surface area contributed by atoms with Gasteiger partial charge in [0, 0.05) is 12.3 Å². The second-order valence-corrected chi connectivity index (χ2v) is 5.01. The molecule has 2 heterocycles. The molecule has 4 nitrogen and oxygen atoms in total. The standard InChI is InChI=1S/C15H10F5N3O/c1-8(24-12-5-4-9(16)7-11(12)17)13-21-22-14-10(15(18,19)20)3-2-6-23(13)14/h2-8H,1H3/t8-/m0/s1. The first-order valence-electron chi connectivity index (χ1n) is 6.80. The molecule has 0 bridgehead atoms. The van der Waals surface area contributed by atoms with Crippen molar-refractivity contribution in [1.82, 2.24) is 14.6 Å². The van der Waals surface area contributed by atoms with Gasteiger partial charge in [0.25, 0.3) is 0 Å². The number of ether oxygens (including phenoxy) is 1. The zero-order valence-corrected chi connectivity index (χ0v) is 12.2. The highest BCUT2D eigenvalue weighted by atomic mass is 19.4. The smallest absolute Gasteiger partial charge is 0.420 e. The van der Waals surface area contributed by atoms with E-state index in [1.165, 1.54) is 19.2 Å². The summed E-state index contributed by atoms with van der Waals surface area (Å²) >= 11 is 0. The lowest BCUT2D eigenvalue weighted by Crippen LogP contribution is -2.11. The van der Waals surface area contributed by atoms with E-state index in [1.807, 2.05) is 0 Å². The molecule has 0 N–H and O–H groups in total. The molecular weight excluding hydrogens is 333 g/mol. The molecule has 9 heteroatoms. The monoisotopic (exact) mass is 343 g/mol. The van der Waals surface area contributed by atoms with Crippen LogP contribution in [-0.4, -0.2) is 14.6 Å². The topological polar surface area (TPSA) is 39.4 Å². The molecule has 126 valence electrons. The van der Waals surface area contributed by atoms with E-state index >= 15 is 0 Å². The Balaban J connectivity index is 1.97. The highest BCUT2D eigenvalue weighted by molar-refractivity contribution is 5.49. The van der Waals surface area contributed by atoms with Gasteiger partial charge in [0.1, 0.15) is 11.4 Å². The van der Waals surface area contributed by atoms with E-state index in [-0.39, 0.29) is 17.2 Å². The average Bonchev–Trinajstić information content (AvgIpc) is 2.93. The van der Waals surface area contributed by atoms with E-state index < -0.39 is 29.5 Å². The maximum atomic E-state index is 13.6. The van der Waals surface area contributed by atoms with Crippen molar-refractivity contribution in [2.24, 2.45) is 0 Å². The molecule has 0 aliphatic rings. The van der Waals surface area contributed by atoms with Crippen molar-refractivity contribution in [1.29, 1.82) is 0 Å². The number of alkyl halides is 3. The number of aromatic nitrogens is 3. The van der Waals surface area contributed by atoms with E-state index in [1.54, 1.807) is 0 Å². The van der Waals surface area contributed by atoms with Crippen LogP contribution in [0, 0.1) is 11.6 Å². The fraction of sp³-hybridized carbons (Fsp3) is 0.200. The Labute approximate surface area is 132 Å².